The SMILES string of the molecule is CC(C)(O)c1ccc(CNC(=O)c2cnc(N)c(OCc3c(Cl)cccc3Cl)c2)cc1. The van der Waals surface area contributed by atoms with Crippen LogP contribution in [-0.4, -0.2) is 16.0 Å². The summed E-state index contributed by atoms with van der Waals surface area (Å²) in [6, 6.07) is 14.1. The van der Waals surface area contributed by atoms with Crippen LogP contribution in [0.4, 0.5) is 5.82 Å². The van der Waals surface area contributed by atoms with Crippen molar-refractivity contribution >= 4 is 34.9 Å². The van der Waals surface area contributed by atoms with Gasteiger partial charge in [-0.3, -0.25) is 4.79 Å². The molecular formula is C23H23Cl2N3O3. The smallest absolute Gasteiger partial charge is 0.253 e. The second-order valence-corrected chi connectivity index (χ2v) is 8.35. The van der Waals surface area contributed by atoms with E-state index < -0.39 is 5.60 Å². The van der Waals surface area contributed by atoms with Crippen LogP contribution >= 0.6 is 23.2 Å². The highest BCUT2D eigenvalue weighted by molar-refractivity contribution is 6.35. The molecule has 0 spiro atoms. The molecule has 0 fully saturated rings. The Labute approximate surface area is 191 Å². The highest BCUT2D eigenvalue weighted by Crippen LogP contribution is 2.28. The van der Waals surface area contributed by atoms with Crippen molar-refractivity contribution in [3.8, 4) is 5.75 Å². The highest BCUT2D eigenvalue weighted by Gasteiger charge is 2.16. The van der Waals surface area contributed by atoms with Gasteiger partial charge < -0.3 is 20.9 Å². The van der Waals surface area contributed by atoms with Gasteiger partial charge in [-0.05, 0) is 43.2 Å². The van der Waals surface area contributed by atoms with Gasteiger partial charge >= 0.3 is 0 Å². The van der Waals surface area contributed by atoms with Crippen molar-refractivity contribution in [2.24, 2.45) is 0 Å². The van der Waals surface area contributed by atoms with Gasteiger partial charge in [-0.1, -0.05) is 53.5 Å². The zero-order chi connectivity index (χ0) is 22.6. The van der Waals surface area contributed by atoms with Crippen LogP contribution in [0, 0.1) is 0 Å². The zero-order valence-corrected chi connectivity index (χ0v) is 18.7. The average molecular weight is 460 g/mol. The molecule has 0 radical (unpaired) electrons. The quantitative estimate of drug-likeness (QED) is 0.475. The van der Waals surface area contributed by atoms with Crippen LogP contribution < -0.4 is 15.8 Å². The first-order chi connectivity index (χ1) is 14.6. The molecule has 8 heteroatoms. The molecule has 3 aromatic rings. The van der Waals surface area contributed by atoms with Crippen LogP contribution in [-0.2, 0) is 18.8 Å². The number of nitrogens with one attached hydrogen (secondary N) is 1. The Hall–Kier alpha value is -2.80. The van der Waals surface area contributed by atoms with Crippen molar-refractivity contribution in [1.29, 1.82) is 0 Å². The number of anilines is 1. The van der Waals surface area contributed by atoms with Gasteiger partial charge in [0.25, 0.3) is 5.91 Å². The van der Waals surface area contributed by atoms with Gasteiger partial charge in [0, 0.05) is 28.4 Å². The third-order valence-electron chi connectivity index (χ3n) is 4.69. The fourth-order valence-electron chi connectivity index (χ4n) is 2.83. The van der Waals surface area contributed by atoms with Crippen molar-refractivity contribution in [1.82, 2.24) is 10.3 Å². The molecule has 0 aliphatic carbocycles. The van der Waals surface area contributed by atoms with E-state index in [1.165, 1.54) is 12.3 Å². The van der Waals surface area contributed by atoms with Crippen LogP contribution in [0.25, 0.3) is 0 Å². The third-order valence-corrected chi connectivity index (χ3v) is 5.40. The minimum Gasteiger partial charge on any atom is -0.485 e. The van der Waals surface area contributed by atoms with E-state index in [0.717, 1.165) is 11.1 Å². The lowest BCUT2D eigenvalue weighted by Gasteiger charge is -2.18. The molecule has 2 aromatic carbocycles. The summed E-state index contributed by atoms with van der Waals surface area (Å²) in [7, 11) is 0. The number of pyridine rings is 1. The summed E-state index contributed by atoms with van der Waals surface area (Å²) in [6.07, 6.45) is 1.39. The van der Waals surface area contributed by atoms with E-state index in [-0.39, 0.29) is 24.1 Å². The van der Waals surface area contributed by atoms with Crippen molar-refractivity contribution in [2.75, 3.05) is 5.73 Å². The molecule has 6 nitrogen and oxygen atoms in total. The largest absolute Gasteiger partial charge is 0.485 e. The fourth-order valence-corrected chi connectivity index (χ4v) is 3.34. The molecule has 31 heavy (non-hydrogen) atoms. The van der Waals surface area contributed by atoms with Crippen LogP contribution in [0.5, 0.6) is 5.75 Å². The first-order valence-electron chi connectivity index (χ1n) is 9.56. The zero-order valence-electron chi connectivity index (χ0n) is 17.2. The molecule has 0 bridgehead atoms. The molecule has 0 atom stereocenters. The number of aromatic nitrogens is 1. The van der Waals surface area contributed by atoms with Crippen molar-refractivity contribution in [3.05, 3.63) is 87.0 Å². The maximum Gasteiger partial charge on any atom is 0.253 e. The number of nitrogens with two attached hydrogens (primary N) is 1. The molecule has 4 N–H and O–H groups in total. The van der Waals surface area contributed by atoms with Gasteiger partial charge in [0.1, 0.15) is 6.61 Å². The van der Waals surface area contributed by atoms with Gasteiger partial charge in [-0.2, -0.15) is 0 Å². The molecule has 1 aromatic heterocycles. The fraction of sp³-hybridized carbons (Fsp3) is 0.217. The van der Waals surface area contributed by atoms with Crippen LogP contribution in [0.15, 0.2) is 54.7 Å². The number of nitrogen functional groups attached to an aromatic ring is 1. The molecule has 0 unspecified atom stereocenters. The lowest BCUT2D eigenvalue weighted by Crippen LogP contribution is -2.23. The van der Waals surface area contributed by atoms with Crippen LogP contribution in [0.2, 0.25) is 10.0 Å². The van der Waals surface area contributed by atoms with E-state index >= 15 is 0 Å². The Morgan fingerprint density at radius 2 is 1.81 bits per heavy atom. The Morgan fingerprint density at radius 3 is 2.42 bits per heavy atom. The monoisotopic (exact) mass is 459 g/mol. The Balaban J connectivity index is 1.65. The van der Waals surface area contributed by atoms with Crippen molar-refractivity contribution in [3.63, 3.8) is 0 Å². The predicted octanol–water partition coefficient (Wildman–Crippen LogP) is 4.71. The number of ether oxygens (including phenoxy) is 1. The number of carbonyl (C=O) groups excluding carboxylic acids is 1. The Bertz CT molecular complexity index is 1060. The third kappa shape index (κ3) is 5.88. The maximum absolute atomic E-state index is 12.6. The second-order valence-electron chi connectivity index (χ2n) is 7.53. The molecule has 0 saturated heterocycles. The van der Waals surface area contributed by atoms with Gasteiger partial charge in [0.05, 0.1) is 11.2 Å². The lowest BCUT2D eigenvalue weighted by atomic mass is 9.97. The number of carbonyl (C=O) groups is 1. The van der Waals surface area contributed by atoms with Gasteiger partial charge in [0.2, 0.25) is 0 Å². The van der Waals surface area contributed by atoms with Crippen molar-refractivity contribution in [2.45, 2.75) is 32.6 Å². The molecular weight excluding hydrogens is 437 g/mol. The first-order valence-corrected chi connectivity index (χ1v) is 10.3. The van der Waals surface area contributed by atoms with E-state index in [9.17, 15) is 9.90 Å². The van der Waals surface area contributed by atoms with Crippen molar-refractivity contribution < 1.29 is 14.6 Å². The standard InChI is InChI=1S/C23H23Cl2N3O3/c1-23(2,30)16-8-6-14(7-9-16)11-28-22(29)15-10-20(21(26)27-12-15)31-13-17-18(24)4-3-5-19(17)25/h3-10,12,30H,11,13H2,1-2H3,(H2,26,27)(H,28,29). The van der Waals surface area contributed by atoms with E-state index in [2.05, 4.69) is 10.3 Å². The van der Waals surface area contributed by atoms with E-state index in [1.54, 1.807) is 32.0 Å². The minimum absolute atomic E-state index is 0.0863. The second kappa shape index (κ2) is 9.56. The number of hydrogen-bond donors (Lipinski definition) is 3. The normalized spacial score (nSPS) is 11.3. The number of nitrogens with zero attached hydrogens (tertiary/aromatic N) is 1. The predicted molar refractivity (Wildman–Crippen MR) is 122 cm³/mol. The number of amides is 1. The molecule has 0 aliphatic heterocycles. The highest BCUT2D eigenvalue weighted by atomic mass is 35.5. The summed E-state index contributed by atoms with van der Waals surface area (Å²) in [5.74, 6) is 0.0970. The van der Waals surface area contributed by atoms with Gasteiger partial charge in [-0.25, -0.2) is 4.98 Å². The molecule has 162 valence electrons. The number of rotatable bonds is 7. The van der Waals surface area contributed by atoms with Crippen LogP contribution in [0.3, 0.4) is 0 Å². The average Bonchev–Trinajstić information content (AvgIpc) is 2.72. The van der Waals surface area contributed by atoms with Gasteiger partial charge in [0.15, 0.2) is 11.6 Å². The van der Waals surface area contributed by atoms with E-state index in [1.807, 2.05) is 24.3 Å². The van der Waals surface area contributed by atoms with E-state index in [0.29, 0.717) is 27.7 Å². The summed E-state index contributed by atoms with van der Waals surface area (Å²) >= 11 is 12.3. The Morgan fingerprint density at radius 1 is 1.16 bits per heavy atom. The topological polar surface area (TPSA) is 97.5 Å². The summed E-state index contributed by atoms with van der Waals surface area (Å²) in [5.41, 5.74) is 7.60. The lowest BCUT2D eigenvalue weighted by molar-refractivity contribution is 0.0785. The van der Waals surface area contributed by atoms with E-state index in [4.69, 9.17) is 33.7 Å². The molecule has 1 amide bonds. The maximum atomic E-state index is 12.6. The molecule has 1 heterocycles. The number of halogens is 2. The molecule has 3 rings (SSSR count). The molecule has 0 saturated carbocycles. The summed E-state index contributed by atoms with van der Waals surface area (Å²) < 4.78 is 5.72. The summed E-state index contributed by atoms with van der Waals surface area (Å²) in [5, 5.41) is 13.8. The van der Waals surface area contributed by atoms with Crippen LogP contribution in [0.1, 0.15) is 40.9 Å². The number of aliphatic hydroxyl groups is 1. The number of hydrogen-bond acceptors (Lipinski definition) is 5. The summed E-state index contributed by atoms with van der Waals surface area (Å²) in [4.78, 5) is 16.6. The molecule has 0 aliphatic rings. The van der Waals surface area contributed by atoms with Gasteiger partial charge in [-0.15, -0.1) is 0 Å². The number of benzene rings is 2. The summed E-state index contributed by atoms with van der Waals surface area (Å²) in [6.45, 7) is 3.85. The minimum atomic E-state index is -0.915. The Kier molecular flexibility index (Phi) is 7.05. The first kappa shape index (κ1) is 22.9.